The van der Waals surface area contributed by atoms with E-state index in [9.17, 15) is 9.59 Å². The number of thioether (sulfide) groups is 1. The molecule has 43 heavy (non-hydrogen) atoms. The molecule has 0 spiro atoms. The summed E-state index contributed by atoms with van der Waals surface area (Å²) >= 11 is 2.54. The Labute approximate surface area is 258 Å². The van der Waals surface area contributed by atoms with Crippen molar-refractivity contribution in [3.05, 3.63) is 57.9 Å². The molecule has 2 amide bonds. The van der Waals surface area contributed by atoms with E-state index in [4.69, 9.17) is 14.2 Å². The molecule has 4 aromatic rings. The van der Waals surface area contributed by atoms with Gasteiger partial charge in [-0.1, -0.05) is 35.2 Å². The number of carbonyl (C=O) groups is 2. The summed E-state index contributed by atoms with van der Waals surface area (Å²) in [4.78, 5) is 26.0. The Bertz CT molecular complexity index is 1560. The number of anilines is 1. The van der Waals surface area contributed by atoms with Gasteiger partial charge < -0.3 is 19.5 Å². The number of hydrogen-bond acceptors (Lipinski definition) is 11. The third kappa shape index (κ3) is 8.02. The van der Waals surface area contributed by atoms with Crippen molar-refractivity contribution in [1.29, 1.82) is 0 Å². The van der Waals surface area contributed by atoms with Crippen LogP contribution < -0.4 is 24.8 Å². The number of aryl methyl sites for hydroxylation is 3. The van der Waals surface area contributed by atoms with Crippen molar-refractivity contribution in [2.75, 3.05) is 30.9 Å². The lowest BCUT2D eigenvalue weighted by atomic mass is 10.1. The van der Waals surface area contributed by atoms with Crippen LogP contribution in [0.15, 0.2) is 35.5 Å². The Hall–Kier alpha value is -4.17. The number of carbonyl (C=O) groups excluding carboxylic acids is 2. The molecule has 228 valence electrons. The number of ether oxygens (including phenoxy) is 3. The smallest absolute Gasteiger partial charge is 0.251 e. The van der Waals surface area contributed by atoms with Crippen LogP contribution in [0.5, 0.6) is 17.2 Å². The van der Waals surface area contributed by atoms with Crippen molar-refractivity contribution in [3.63, 3.8) is 0 Å². The van der Waals surface area contributed by atoms with Gasteiger partial charge in [0.2, 0.25) is 16.8 Å². The molecule has 2 heterocycles. The van der Waals surface area contributed by atoms with Gasteiger partial charge in [0.25, 0.3) is 5.91 Å². The second kappa shape index (κ2) is 14.8. The van der Waals surface area contributed by atoms with Crippen LogP contribution in [0.4, 0.5) is 5.13 Å². The minimum absolute atomic E-state index is 0.0805. The molecule has 0 aliphatic rings. The van der Waals surface area contributed by atoms with E-state index >= 15 is 0 Å². The lowest BCUT2D eigenvalue weighted by molar-refractivity contribution is -0.113. The van der Waals surface area contributed by atoms with Gasteiger partial charge in [-0.05, 0) is 70.9 Å². The van der Waals surface area contributed by atoms with Crippen LogP contribution in [0, 0.1) is 20.8 Å². The van der Waals surface area contributed by atoms with Crippen molar-refractivity contribution >= 4 is 40.0 Å². The molecule has 0 fully saturated rings. The summed E-state index contributed by atoms with van der Waals surface area (Å²) in [5, 5.41) is 24.0. The molecule has 0 aliphatic heterocycles. The van der Waals surface area contributed by atoms with E-state index in [-0.39, 0.29) is 24.1 Å². The number of rotatable bonds is 14. The van der Waals surface area contributed by atoms with Crippen LogP contribution in [0.2, 0.25) is 0 Å². The van der Waals surface area contributed by atoms with Crippen LogP contribution in [-0.2, 0) is 11.3 Å². The number of nitrogens with one attached hydrogen (secondary N) is 2. The third-order valence-corrected chi connectivity index (χ3v) is 7.67. The predicted molar refractivity (Wildman–Crippen MR) is 166 cm³/mol. The number of benzene rings is 2. The average Bonchev–Trinajstić information content (AvgIpc) is 3.58. The summed E-state index contributed by atoms with van der Waals surface area (Å²) in [6, 6.07) is 9.33. The Balaban J connectivity index is 1.58. The molecule has 0 aliphatic carbocycles. The van der Waals surface area contributed by atoms with Gasteiger partial charge in [-0.3, -0.25) is 19.5 Å². The van der Waals surface area contributed by atoms with Gasteiger partial charge in [-0.25, -0.2) is 0 Å². The summed E-state index contributed by atoms with van der Waals surface area (Å²) in [7, 11) is 0. The molecule has 14 heteroatoms. The molecule has 0 unspecified atom stereocenters. The molecule has 0 saturated carbocycles. The van der Waals surface area contributed by atoms with Gasteiger partial charge in [0, 0.05) is 5.56 Å². The quantitative estimate of drug-likeness (QED) is 0.186. The fourth-order valence-corrected chi connectivity index (χ4v) is 5.50. The predicted octanol–water partition coefficient (Wildman–Crippen LogP) is 4.90. The summed E-state index contributed by atoms with van der Waals surface area (Å²) in [6.07, 6.45) is 0. The van der Waals surface area contributed by atoms with Crippen LogP contribution in [0.3, 0.4) is 0 Å². The first-order valence-corrected chi connectivity index (χ1v) is 15.6. The fraction of sp³-hybridized carbons (Fsp3) is 0.379. The Morgan fingerprint density at radius 1 is 0.907 bits per heavy atom. The van der Waals surface area contributed by atoms with E-state index < -0.39 is 0 Å². The zero-order valence-corrected chi connectivity index (χ0v) is 26.6. The molecule has 4 rings (SSSR count). The van der Waals surface area contributed by atoms with E-state index in [2.05, 4.69) is 31.0 Å². The van der Waals surface area contributed by atoms with Crippen LogP contribution in [-0.4, -0.2) is 62.3 Å². The van der Waals surface area contributed by atoms with Crippen molar-refractivity contribution in [2.24, 2.45) is 0 Å². The SMILES string of the molecule is CCOc1cc(C(=O)NCc2nnc(SCC(=O)Nc3nnc(C)s3)n2-c2cc(C)ccc2C)cc(OCC)c1OCC. The Kier molecular flexibility index (Phi) is 11.0. The normalized spacial score (nSPS) is 10.8. The molecule has 0 radical (unpaired) electrons. The van der Waals surface area contributed by atoms with Crippen molar-refractivity contribution < 1.29 is 23.8 Å². The van der Waals surface area contributed by atoms with Crippen molar-refractivity contribution in [2.45, 2.75) is 53.2 Å². The molecular formula is C29H35N7O5S2. The summed E-state index contributed by atoms with van der Waals surface area (Å²) in [5.41, 5.74) is 3.25. The van der Waals surface area contributed by atoms with Gasteiger partial charge in [0.15, 0.2) is 22.5 Å². The van der Waals surface area contributed by atoms with Crippen LogP contribution >= 0.6 is 23.1 Å². The third-order valence-electron chi connectivity index (χ3n) is 5.99. The van der Waals surface area contributed by atoms with Crippen LogP contribution in [0.1, 0.15) is 53.1 Å². The number of hydrogen-bond donors (Lipinski definition) is 2. The minimum Gasteiger partial charge on any atom is -0.490 e. The second-order valence-corrected chi connectivity index (χ2v) is 11.4. The minimum atomic E-state index is -0.346. The molecule has 12 nitrogen and oxygen atoms in total. The van der Waals surface area contributed by atoms with E-state index in [0.717, 1.165) is 21.8 Å². The molecule has 2 aromatic heterocycles. The molecule has 2 aromatic carbocycles. The Morgan fingerprint density at radius 2 is 1.60 bits per heavy atom. The standard InChI is InChI=1S/C29H35N7O5S2/c1-7-39-22-13-20(14-23(40-8-2)26(22)41-9-3)27(38)30-15-24-33-35-29(36(24)21-12-17(4)10-11-18(21)5)42-16-25(37)31-28-34-32-19(6)43-28/h10-14H,7-9,15-16H2,1-6H3,(H,30,38)(H,31,34,37). The maximum Gasteiger partial charge on any atom is 0.251 e. The highest BCUT2D eigenvalue weighted by molar-refractivity contribution is 7.99. The van der Waals surface area contributed by atoms with Gasteiger partial charge >= 0.3 is 0 Å². The summed E-state index contributed by atoms with van der Waals surface area (Å²) in [5.74, 6) is 1.33. The number of amides is 2. The van der Waals surface area contributed by atoms with Gasteiger partial charge in [0.05, 0.1) is 37.8 Å². The largest absolute Gasteiger partial charge is 0.490 e. The summed E-state index contributed by atoms with van der Waals surface area (Å²) < 4.78 is 19.2. The molecule has 0 bridgehead atoms. The first-order valence-electron chi connectivity index (χ1n) is 13.8. The number of nitrogens with zero attached hydrogens (tertiary/aromatic N) is 5. The van der Waals surface area contributed by atoms with Crippen molar-refractivity contribution in [3.8, 4) is 22.9 Å². The van der Waals surface area contributed by atoms with Crippen LogP contribution in [0.25, 0.3) is 5.69 Å². The second-order valence-electron chi connectivity index (χ2n) is 9.27. The van der Waals surface area contributed by atoms with Crippen molar-refractivity contribution in [1.82, 2.24) is 30.3 Å². The molecule has 0 saturated heterocycles. The van der Waals surface area contributed by atoms with Gasteiger partial charge in [0.1, 0.15) is 5.01 Å². The highest BCUT2D eigenvalue weighted by Crippen LogP contribution is 2.39. The lowest BCUT2D eigenvalue weighted by Crippen LogP contribution is -2.25. The van der Waals surface area contributed by atoms with E-state index in [1.54, 1.807) is 12.1 Å². The van der Waals surface area contributed by atoms with E-state index in [1.807, 2.05) is 64.3 Å². The number of aromatic nitrogens is 5. The first kappa shape index (κ1) is 31.8. The Morgan fingerprint density at radius 3 is 2.23 bits per heavy atom. The highest BCUT2D eigenvalue weighted by Gasteiger charge is 2.21. The van der Waals surface area contributed by atoms with E-state index in [1.165, 1.54) is 23.1 Å². The maximum absolute atomic E-state index is 13.4. The zero-order valence-electron chi connectivity index (χ0n) is 25.0. The molecule has 0 atom stereocenters. The lowest BCUT2D eigenvalue weighted by Gasteiger charge is -2.17. The average molecular weight is 626 g/mol. The van der Waals surface area contributed by atoms with E-state index in [0.29, 0.717) is 58.7 Å². The monoisotopic (exact) mass is 625 g/mol. The topological polar surface area (TPSA) is 142 Å². The molecule has 2 N–H and O–H groups in total. The zero-order chi connectivity index (χ0) is 30.9. The fourth-order valence-electron chi connectivity index (χ4n) is 4.12. The van der Waals surface area contributed by atoms with Gasteiger partial charge in [-0.15, -0.1) is 20.4 Å². The van der Waals surface area contributed by atoms with Gasteiger partial charge in [-0.2, -0.15) is 0 Å². The maximum atomic E-state index is 13.4. The molecular weight excluding hydrogens is 590 g/mol. The highest BCUT2D eigenvalue weighted by atomic mass is 32.2. The first-order chi connectivity index (χ1) is 20.7. The summed E-state index contributed by atoms with van der Waals surface area (Å²) in [6.45, 7) is 12.7.